The summed E-state index contributed by atoms with van der Waals surface area (Å²) >= 11 is 0. The summed E-state index contributed by atoms with van der Waals surface area (Å²) in [6.07, 6.45) is 0. The van der Waals surface area contributed by atoms with Crippen molar-refractivity contribution >= 4 is 16.6 Å². The Kier molecular flexibility index (Phi) is 4.51. The number of rotatable bonds is 2. The van der Waals surface area contributed by atoms with Gasteiger partial charge in [-0.2, -0.15) is 0 Å². The maximum absolute atomic E-state index is 13.7. The van der Waals surface area contributed by atoms with Crippen molar-refractivity contribution in [3.05, 3.63) is 110 Å². The molecular weight excluding hydrogens is 440 g/mol. The molecule has 0 bridgehead atoms. The second-order valence-electron chi connectivity index (χ2n) is 9.05. The molecule has 3 aromatic carbocycles. The minimum Gasteiger partial charge on any atom is -0.508 e. The van der Waals surface area contributed by atoms with E-state index >= 15 is 0 Å². The van der Waals surface area contributed by atoms with Crippen molar-refractivity contribution in [3.8, 4) is 22.7 Å². The Morgan fingerprint density at radius 3 is 2.37 bits per heavy atom. The van der Waals surface area contributed by atoms with Crippen LogP contribution < -0.4 is 16.6 Å². The van der Waals surface area contributed by atoms with Crippen molar-refractivity contribution < 1.29 is 5.11 Å². The highest BCUT2D eigenvalue weighted by Crippen LogP contribution is 2.45. The molecule has 0 unspecified atom stereocenters. The maximum Gasteiger partial charge on any atom is 0.331 e. The van der Waals surface area contributed by atoms with Crippen LogP contribution in [0, 0.1) is 6.92 Å². The second-order valence-corrected chi connectivity index (χ2v) is 9.05. The molecule has 3 heterocycles. The fourth-order valence-electron chi connectivity index (χ4n) is 5.16. The molecule has 5 aromatic rings. The molecule has 35 heavy (non-hydrogen) atoms. The number of anilines is 1. The highest BCUT2D eigenvalue weighted by molar-refractivity contribution is 5.99. The van der Waals surface area contributed by atoms with Crippen molar-refractivity contribution in [2.45, 2.75) is 13.0 Å². The summed E-state index contributed by atoms with van der Waals surface area (Å²) in [5, 5.41) is 14.3. The van der Waals surface area contributed by atoms with Gasteiger partial charge in [-0.1, -0.05) is 54.1 Å². The minimum absolute atomic E-state index is 0.147. The SMILES string of the molecule is Cc1ccc(-c2c3c(=O)n(C)c(=O)n(C)c3c3n2-c2ccccc2N[C@H]3c2cccc(O)c2)cc1. The van der Waals surface area contributed by atoms with Gasteiger partial charge in [0, 0.05) is 14.1 Å². The van der Waals surface area contributed by atoms with E-state index in [4.69, 9.17) is 0 Å². The van der Waals surface area contributed by atoms with Crippen molar-refractivity contribution in [1.82, 2.24) is 13.7 Å². The van der Waals surface area contributed by atoms with E-state index in [0.717, 1.165) is 44.0 Å². The number of nitrogens with one attached hydrogen (secondary N) is 1. The van der Waals surface area contributed by atoms with Gasteiger partial charge in [0.1, 0.15) is 5.75 Å². The maximum atomic E-state index is 13.7. The summed E-state index contributed by atoms with van der Waals surface area (Å²) < 4.78 is 4.80. The zero-order valence-corrected chi connectivity index (χ0v) is 19.6. The van der Waals surface area contributed by atoms with Gasteiger partial charge in [-0.25, -0.2) is 4.79 Å². The summed E-state index contributed by atoms with van der Waals surface area (Å²) in [5.74, 6) is 0.147. The molecule has 2 N–H and O–H groups in total. The van der Waals surface area contributed by atoms with Crippen molar-refractivity contribution in [1.29, 1.82) is 0 Å². The van der Waals surface area contributed by atoms with Crippen LogP contribution in [0.5, 0.6) is 5.75 Å². The molecule has 2 aromatic heterocycles. The quantitative estimate of drug-likeness (QED) is 0.410. The first-order valence-corrected chi connectivity index (χ1v) is 11.4. The van der Waals surface area contributed by atoms with Crippen molar-refractivity contribution in [3.63, 3.8) is 0 Å². The number of phenols is 1. The number of hydrogen-bond acceptors (Lipinski definition) is 4. The summed E-state index contributed by atoms with van der Waals surface area (Å²) in [5.41, 5.74) is 5.96. The highest BCUT2D eigenvalue weighted by atomic mass is 16.3. The van der Waals surface area contributed by atoms with Gasteiger partial charge in [-0.3, -0.25) is 13.9 Å². The lowest BCUT2D eigenvalue weighted by molar-refractivity contribution is 0.474. The molecule has 6 rings (SSSR count). The lowest BCUT2D eigenvalue weighted by Crippen LogP contribution is -2.37. The largest absolute Gasteiger partial charge is 0.508 e. The van der Waals surface area contributed by atoms with Gasteiger partial charge < -0.3 is 15.0 Å². The molecule has 7 heteroatoms. The Balaban J connectivity index is 1.86. The lowest BCUT2D eigenvalue weighted by atomic mass is 9.99. The summed E-state index contributed by atoms with van der Waals surface area (Å²) in [6, 6.07) is 22.6. The topological polar surface area (TPSA) is 81.2 Å². The van der Waals surface area contributed by atoms with Gasteiger partial charge in [0.25, 0.3) is 5.56 Å². The first kappa shape index (κ1) is 21.0. The average molecular weight is 465 g/mol. The van der Waals surface area contributed by atoms with Crippen LogP contribution in [0.1, 0.15) is 22.9 Å². The Hall–Kier alpha value is -4.52. The molecule has 174 valence electrons. The standard InChI is InChI=1S/C28H24N4O3/c1-16-11-13-17(14-12-16)24-22-25(30(2)28(35)31(3)27(22)34)26-23(18-7-6-8-19(33)15-18)29-20-9-4-5-10-21(20)32(24)26/h4-15,23,29,33H,1-3H3/t23-/m0/s1. The average Bonchev–Trinajstić information content (AvgIpc) is 3.23. The zero-order chi connectivity index (χ0) is 24.4. The number of nitrogens with zero attached hydrogens (tertiary/aromatic N) is 3. The Bertz CT molecular complexity index is 1760. The predicted octanol–water partition coefficient (Wildman–Crippen LogP) is 4.22. The van der Waals surface area contributed by atoms with Crippen molar-refractivity contribution in [2.75, 3.05) is 5.32 Å². The predicted molar refractivity (Wildman–Crippen MR) is 138 cm³/mol. The monoisotopic (exact) mass is 464 g/mol. The fraction of sp³-hybridized carbons (Fsp3) is 0.143. The number of aromatic nitrogens is 3. The van der Waals surface area contributed by atoms with Gasteiger partial charge in [-0.05, 0) is 42.3 Å². The number of para-hydroxylation sites is 2. The van der Waals surface area contributed by atoms with Crippen LogP contribution in [-0.2, 0) is 14.1 Å². The third-order valence-corrected chi connectivity index (χ3v) is 6.86. The zero-order valence-electron chi connectivity index (χ0n) is 19.6. The number of aromatic hydroxyl groups is 1. The van der Waals surface area contributed by atoms with Gasteiger partial charge in [0.2, 0.25) is 0 Å². The summed E-state index contributed by atoms with van der Waals surface area (Å²) in [6.45, 7) is 2.02. The van der Waals surface area contributed by atoms with E-state index in [1.807, 2.05) is 61.5 Å². The third-order valence-electron chi connectivity index (χ3n) is 6.86. The molecule has 0 radical (unpaired) electrons. The molecule has 0 saturated carbocycles. The molecule has 1 atom stereocenters. The molecule has 0 aliphatic carbocycles. The highest BCUT2D eigenvalue weighted by Gasteiger charge is 2.34. The normalized spacial score (nSPS) is 14.4. The van der Waals surface area contributed by atoms with Gasteiger partial charge >= 0.3 is 5.69 Å². The van der Waals surface area contributed by atoms with E-state index in [2.05, 4.69) is 9.88 Å². The van der Waals surface area contributed by atoms with E-state index < -0.39 is 6.04 Å². The lowest BCUT2D eigenvalue weighted by Gasteiger charge is -2.31. The van der Waals surface area contributed by atoms with Gasteiger partial charge in [0.15, 0.2) is 0 Å². The van der Waals surface area contributed by atoms with E-state index in [1.165, 1.54) is 7.05 Å². The third kappa shape index (κ3) is 2.98. The van der Waals surface area contributed by atoms with E-state index in [9.17, 15) is 14.7 Å². The van der Waals surface area contributed by atoms with Crippen LogP contribution in [0.4, 0.5) is 5.69 Å². The molecule has 0 fully saturated rings. The van der Waals surface area contributed by atoms with Crippen LogP contribution in [0.2, 0.25) is 0 Å². The number of hydrogen-bond donors (Lipinski definition) is 2. The van der Waals surface area contributed by atoms with Crippen molar-refractivity contribution in [2.24, 2.45) is 14.1 Å². The van der Waals surface area contributed by atoms with Crippen LogP contribution in [0.15, 0.2) is 82.4 Å². The first-order valence-electron chi connectivity index (χ1n) is 11.4. The Labute approximate surface area is 201 Å². The molecule has 7 nitrogen and oxygen atoms in total. The molecule has 1 aliphatic rings. The fourth-order valence-corrected chi connectivity index (χ4v) is 5.16. The molecule has 0 amide bonds. The molecular formula is C28H24N4O3. The van der Waals surface area contributed by atoms with Gasteiger partial charge in [0.05, 0.1) is 39.7 Å². The van der Waals surface area contributed by atoms with Gasteiger partial charge in [-0.15, -0.1) is 0 Å². The minimum atomic E-state index is -0.406. The molecule has 0 saturated heterocycles. The van der Waals surface area contributed by atoms with Crippen LogP contribution in [0.3, 0.4) is 0 Å². The van der Waals surface area contributed by atoms with Crippen LogP contribution >= 0.6 is 0 Å². The van der Waals surface area contributed by atoms with E-state index in [-0.39, 0.29) is 17.0 Å². The molecule has 1 aliphatic heterocycles. The second kappa shape index (κ2) is 7.50. The number of aryl methyl sites for hydroxylation is 2. The summed E-state index contributed by atoms with van der Waals surface area (Å²) in [7, 11) is 3.21. The van der Waals surface area contributed by atoms with Crippen LogP contribution in [0.25, 0.3) is 27.8 Å². The summed E-state index contributed by atoms with van der Waals surface area (Å²) in [4.78, 5) is 26.7. The number of benzene rings is 3. The van der Waals surface area contributed by atoms with E-state index in [0.29, 0.717) is 10.9 Å². The van der Waals surface area contributed by atoms with Crippen LogP contribution in [-0.4, -0.2) is 18.8 Å². The number of fused-ring (bicyclic) bond motifs is 5. The Morgan fingerprint density at radius 1 is 0.886 bits per heavy atom. The smallest absolute Gasteiger partial charge is 0.331 e. The molecule has 0 spiro atoms. The first-order chi connectivity index (χ1) is 16.9. The Morgan fingerprint density at radius 2 is 1.63 bits per heavy atom. The number of phenolic OH excluding ortho intramolecular Hbond substituents is 1. The van der Waals surface area contributed by atoms with E-state index in [1.54, 1.807) is 29.8 Å².